The number of hydrogen-bond acceptors (Lipinski definition) is 0. The Labute approximate surface area is 63.2 Å². The topological polar surface area (TPSA) is 0 Å². The second-order valence-corrected chi connectivity index (χ2v) is 5.77. The van der Waals surface area contributed by atoms with Gasteiger partial charge in [-0.1, -0.05) is 0 Å². The van der Waals surface area contributed by atoms with Crippen molar-refractivity contribution < 1.29 is 0 Å². The van der Waals surface area contributed by atoms with Gasteiger partial charge in [0.05, 0.1) is 0 Å². The Morgan fingerprint density at radius 1 is 1.33 bits per heavy atom. The maximum atomic E-state index is 2.33. The van der Waals surface area contributed by atoms with E-state index in [4.69, 9.17) is 0 Å². The van der Waals surface area contributed by atoms with Crippen LogP contribution in [-0.2, 0) is 0 Å². The molecule has 0 fully saturated rings. The molecule has 1 heterocycles. The summed E-state index contributed by atoms with van der Waals surface area (Å²) in [6.07, 6.45) is 4.47. The van der Waals surface area contributed by atoms with E-state index in [1.165, 1.54) is 0 Å². The predicted octanol–water partition coefficient (Wildman–Crippen LogP) is 1.61. The van der Waals surface area contributed by atoms with Gasteiger partial charge in [-0.05, 0) is 0 Å². The van der Waals surface area contributed by atoms with Crippen molar-refractivity contribution in [2.24, 2.45) is 5.41 Å². The van der Waals surface area contributed by atoms with Gasteiger partial charge in [-0.25, -0.2) is 0 Å². The summed E-state index contributed by atoms with van der Waals surface area (Å²) >= 11 is 0.146. The third kappa shape index (κ3) is 1.70. The molecule has 1 rings (SSSR count). The molecule has 1 aliphatic rings. The molecule has 1 aliphatic heterocycles. The predicted molar refractivity (Wildman–Crippen MR) is 45.2 cm³/mol. The van der Waals surface area contributed by atoms with Crippen molar-refractivity contribution >= 4 is 15.0 Å². The molecule has 0 amide bonds. The molecule has 0 atom stereocenters. The first-order valence-electron chi connectivity index (χ1n) is 3.24. The average molecular weight is 189 g/mol. The minimum atomic E-state index is 0.146. The van der Waals surface area contributed by atoms with Gasteiger partial charge in [0, 0.05) is 0 Å². The van der Waals surface area contributed by atoms with E-state index in [2.05, 4.69) is 37.9 Å². The van der Waals surface area contributed by atoms with E-state index < -0.39 is 0 Å². The van der Waals surface area contributed by atoms with E-state index in [-0.39, 0.29) is 15.0 Å². The first kappa shape index (κ1) is 7.11. The Balaban J connectivity index is 2.66. The fraction of sp³-hybridized carbons (Fsp3) is 0.500. The molecule has 0 radical (unpaired) electrons. The van der Waals surface area contributed by atoms with Crippen LogP contribution >= 0.6 is 0 Å². The Kier molecular flexibility index (Phi) is 1.83. The molecule has 0 N–H and O–H groups in total. The van der Waals surface area contributed by atoms with Crippen LogP contribution in [0.5, 0.6) is 0 Å². The average Bonchev–Trinajstić information content (AvgIpc) is 2.08. The monoisotopic (exact) mass is 190 g/mol. The molecular weight excluding hydrogens is 175 g/mol. The van der Waals surface area contributed by atoms with Crippen molar-refractivity contribution in [1.82, 2.24) is 0 Å². The van der Waals surface area contributed by atoms with Crippen LogP contribution in [0.1, 0.15) is 20.8 Å². The van der Waals surface area contributed by atoms with E-state index in [1.54, 1.807) is 4.47 Å². The van der Waals surface area contributed by atoms with Gasteiger partial charge in [0.1, 0.15) is 0 Å². The molecule has 0 nitrogen and oxygen atoms in total. The maximum absolute atomic E-state index is 2.33. The van der Waals surface area contributed by atoms with Crippen molar-refractivity contribution in [3.05, 3.63) is 21.6 Å². The van der Waals surface area contributed by atoms with Gasteiger partial charge in [-0.2, -0.15) is 0 Å². The van der Waals surface area contributed by atoms with Crippen LogP contribution in [0.3, 0.4) is 0 Å². The molecule has 52 valence electrons. The molecule has 0 aromatic heterocycles. The van der Waals surface area contributed by atoms with Crippen LogP contribution in [0.2, 0.25) is 0 Å². The van der Waals surface area contributed by atoms with Crippen molar-refractivity contribution in [3.63, 3.8) is 0 Å². The fourth-order valence-corrected chi connectivity index (χ4v) is 2.89. The van der Waals surface area contributed by atoms with Gasteiger partial charge >= 0.3 is 62.7 Å². The Bertz CT molecular complexity index is 158. The summed E-state index contributed by atoms with van der Waals surface area (Å²) in [5, 5.41) is 0. The van der Waals surface area contributed by atoms with Crippen LogP contribution in [0.25, 0.3) is 0 Å². The molecule has 0 spiro atoms. The quantitative estimate of drug-likeness (QED) is 0.508. The van der Waals surface area contributed by atoms with Crippen LogP contribution in [0.4, 0.5) is 0 Å². The number of rotatable bonds is 0. The minimum absolute atomic E-state index is 0.146. The molecule has 0 saturated carbocycles. The van der Waals surface area contributed by atoms with E-state index in [0.29, 0.717) is 5.41 Å². The van der Waals surface area contributed by atoms with Crippen molar-refractivity contribution in [3.8, 4) is 0 Å². The SMILES string of the molecule is CC(C)(C)C1=CC=C[SeH2]1. The Hall–Kier alpha value is -0.000519. The van der Waals surface area contributed by atoms with Crippen LogP contribution in [0, 0.1) is 5.41 Å². The third-order valence-corrected chi connectivity index (χ3v) is 4.74. The van der Waals surface area contributed by atoms with Crippen LogP contribution in [0.15, 0.2) is 21.6 Å². The second-order valence-electron chi connectivity index (χ2n) is 3.33. The van der Waals surface area contributed by atoms with Crippen molar-refractivity contribution in [2.45, 2.75) is 20.8 Å². The van der Waals surface area contributed by atoms with Gasteiger partial charge in [0.25, 0.3) is 0 Å². The third-order valence-electron chi connectivity index (χ3n) is 1.41. The first-order valence-corrected chi connectivity index (χ1v) is 5.50. The Morgan fingerprint density at radius 3 is 2.22 bits per heavy atom. The molecule has 0 bridgehead atoms. The zero-order valence-corrected chi connectivity index (χ0v) is 8.33. The number of allylic oxidation sites excluding steroid dienone is 3. The second kappa shape index (κ2) is 2.32. The van der Waals surface area contributed by atoms with E-state index in [0.717, 1.165) is 0 Å². The molecule has 0 aromatic rings. The number of hydrogen-bond donors (Lipinski definition) is 0. The summed E-state index contributed by atoms with van der Waals surface area (Å²) < 4.78 is 1.67. The summed E-state index contributed by atoms with van der Waals surface area (Å²) in [6, 6.07) is 0. The van der Waals surface area contributed by atoms with Gasteiger partial charge < -0.3 is 0 Å². The van der Waals surface area contributed by atoms with E-state index in [1.807, 2.05) is 0 Å². The van der Waals surface area contributed by atoms with E-state index >= 15 is 0 Å². The first-order chi connectivity index (χ1) is 4.11. The van der Waals surface area contributed by atoms with Crippen LogP contribution in [-0.4, -0.2) is 15.0 Å². The van der Waals surface area contributed by atoms with Crippen molar-refractivity contribution in [2.75, 3.05) is 0 Å². The summed E-state index contributed by atoms with van der Waals surface area (Å²) in [7, 11) is 0. The normalized spacial score (nSPS) is 22.8. The summed E-state index contributed by atoms with van der Waals surface area (Å²) in [5.74, 6) is 0. The zero-order valence-electron chi connectivity index (χ0n) is 6.23. The van der Waals surface area contributed by atoms with Gasteiger partial charge in [0.2, 0.25) is 0 Å². The molecular formula is C8H14Se. The summed E-state index contributed by atoms with van der Waals surface area (Å²) in [4.78, 5) is 2.33. The molecule has 0 unspecified atom stereocenters. The van der Waals surface area contributed by atoms with Gasteiger partial charge in [0.15, 0.2) is 0 Å². The molecule has 0 aliphatic carbocycles. The van der Waals surface area contributed by atoms with Crippen molar-refractivity contribution in [1.29, 1.82) is 0 Å². The fourth-order valence-electron chi connectivity index (χ4n) is 0.797. The van der Waals surface area contributed by atoms with Gasteiger partial charge in [-0.3, -0.25) is 0 Å². The van der Waals surface area contributed by atoms with Gasteiger partial charge in [-0.15, -0.1) is 0 Å². The zero-order chi connectivity index (χ0) is 6.91. The Morgan fingerprint density at radius 2 is 2.00 bits per heavy atom. The standard InChI is InChI=1S/C8H14Se/c1-8(2,3)7-5-4-6-9-7/h4-6H,9H2,1-3H3. The van der Waals surface area contributed by atoms with Crippen LogP contribution < -0.4 is 0 Å². The molecule has 0 saturated heterocycles. The summed E-state index contributed by atoms with van der Waals surface area (Å²) in [5.41, 5.74) is 0.434. The van der Waals surface area contributed by atoms with E-state index in [9.17, 15) is 0 Å². The summed E-state index contributed by atoms with van der Waals surface area (Å²) in [6.45, 7) is 6.86. The molecule has 0 aromatic carbocycles. The molecule has 1 heteroatoms. The molecule has 9 heavy (non-hydrogen) atoms.